The molecule has 0 spiro atoms. The van der Waals surface area contributed by atoms with E-state index in [9.17, 15) is 4.79 Å². The minimum Gasteiger partial charge on any atom is -0.422 e. The molecule has 110 valence electrons. The summed E-state index contributed by atoms with van der Waals surface area (Å²) in [5, 5.41) is 3.78. The lowest BCUT2D eigenvalue weighted by Crippen LogP contribution is -2.15. The molecule has 4 nitrogen and oxygen atoms in total. The Morgan fingerprint density at radius 1 is 1.29 bits per heavy atom. The fourth-order valence-corrected chi connectivity index (χ4v) is 1.88. The maximum Gasteiger partial charge on any atom is 0.362 e. The summed E-state index contributed by atoms with van der Waals surface area (Å²) in [6.45, 7) is 5.86. The molecule has 1 heterocycles. The topological polar surface area (TPSA) is 51.2 Å². The van der Waals surface area contributed by atoms with Crippen LogP contribution in [0.5, 0.6) is 5.75 Å². The van der Waals surface area contributed by atoms with E-state index in [1.165, 1.54) is 0 Å². The number of hydrogen-bond donors (Lipinski definition) is 1. The van der Waals surface area contributed by atoms with Crippen molar-refractivity contribution in [3.8, 4) is 5.75 Å². The van der Waals surface area contributed by atoms with Crippen LogP contribution in [0.4, 0.5) is 5.82 Å². The Hall–Kier alpha value is -2.07. The van der Waals surface area contributed by atoms with Crippen molar-refractivity contribution in [3.05, 3.63) is 52.7 Å². The van der Waals surface area contributed by atoms with Gasteiger partial charge < -0.3 is 10.1 Å². The number of rotatable bonds is 4. The van der Waals surface area contributed by atoms with E-state index in [1.807, 2.05) is 26.8 Å². The van der Waals surface area contributed by atoms with E-state index in [4.69, 9.17) is 16.3 Å². The standard InChI is InChI=1S/C16H17ClN2O2/c1-10(2)18-15-6-4-5-14(19-15)16(20)21-12-7-8-13(17)11(3)9-12/h4-10H,1-3H3,(H,18,19). The van der Waals surface area contributed by atoms with Gasteiger partial charge in [-0.25, -0.2) is 9.78 Å². The summed E-state index contributed by atoms with van der Waals surface area (Å²) >= 11 is 5.94. The molecule has 0 aliphatic rings. The smallest absolute Gasteiger partial charge is 0.362 e. The first-order valence-corrected chi connectivity index (χ1v) is 7.05. The van der Waals surface area contributed by atoms with Crippen LogP contribution in [0.1, 0.15) is 29.9 Å². The number of nitrogens with one attached hydrogen (secondary N) is 1. The molecule has 0 amide bonds. The Morgan fingerprint density at radius 3 is 2.71 bits per heavy atom. The Balaban J connectivity index is 2.14. The van der Waals surface area contributed by atoms with Gasteiger partial charge in [-0.15, -0.1) is 0 Å². The predicted molar refractivity (Wildman–Crippen MR) is 84.1 cm³/mol. The second-order valence-electron chi connectivity index (χ2n) is 5.01. The molecule has 5 heteroatoms. The molecule has 0 saturated carbocycles. The molecule has 0 saturated heterocycles. The van der Waals surface area contributed by atoms with Gasteiger partial charge in [0.2, 0.25) is 0 Å². The van der Waals surface area contributed by atoms with E-state index in [2.05, 4.69) is 10.3 Å². The van der Waals surface area contributed by atoms with E-state index in [0.29, 0.717) is 16.6 Å². The molecule has 0 radical (unpaired) electrons. The minimum atomic E-state index is -0.496. The van der Waals surface area contributed by atoms with E-state index in [1.54, 1.807) is 30.3 Å². The first kappa shape index (κ1) is 15.3. The molecular weight excluding hydrogens is 288 g/mol. The molecule has 0 atom stereocenters. The number of ether oxygens (including phenoxy) is 1. The summed E-state index contributed by atoms with van der Waals surface area (Å²) in [5.74, 6) is 0.599. The van der Waals surface area contributed by atoms with Crippen LogP contribution >= 0.6 is 11.6 Å². The van der Waals surface area contributed by atoms with Gasteiger partial charge in [0.15, 0.2) is 5.69 Å². The third kappa shape index (κ3) is 4.20. The van der Waals surface area contributed by atoms with Crippen LogP contribution in [0.3, 0.4) is 0 Å². The number of hydrogen-bond acceptors (Lipinski definition) is 4. The van der Waals surface area contributed by atoms with Crippen LogP contribution in [0, 0.1) is 6.92 Å². The Bertz CT molecular complexity index is 656. The minimum absolute atomic E-state index is 0.239. The van der Waals surface area contributed by atoms with Crippen LogP contribution in [0.15, 0.2) is 36.4 Å². The lowest BCUT2D eigenvalue weighted by Gasteiger charge is -2.10. The number of pyridine rings is 1. The van der Waals surface area contributed by atoms with Crippen LogP contribution in [0.2, 0.25) is 5.02 Å². The Labute approximate surface area is 129 Å². The molecule has 1 N–H and O–H groups in total. The molecule has 2 rings (SSSR count). The quantitative estimate of drug-likeness (QED) is 0.683. The van der Waals surface area contributed by atoms with Gasteiger partial charge in [-0.3, -0.25) is 0 Å². The number of nitrogens with zero attached hydrogens (tertiary/aromatic N) is 1. The molecule has 0 aliphatic heterocycles. The molecule has 2 aromatic rings. The third-order valence-corrected chi connectivity index (χ3v) is 3.16. The first-order valence-electron chi connectivity index (χ1n) is 6.67. The monoisotopic (exact) mass is 304 g/mol. The Kier molecular flexibility index (Phi) is 4.81. The lowest BCUT2D eigenvalue weighted by molar-refractivity contribution is 0.0728. The summed E-state index contributed by atoms with van der Waals surface area (Å²) in [5.41, 5.74) is 1.11. The largest absolute Gasteiger partial charge is 0.422 e. The van der Waals surface area contributed by atoms with Gasteiger partial charge in [-0.2, -0.15) is 0 Å². The molecule has 0 fully saturated rings. The van der Waals surface area contributed by atoms with Crippen molar-refractivity contribution in [1.82, 2.24) is 4.98 Å². The van der Waals surface area contributed by atoms with Gasteiger partial charge in [-0.1, -0.05) is 17.7 Å². The van der Waals surface area contributed by atoms with Crippen LogP contribution in [-0.4, -0.2) is 17.0 Å². The number of aryl methyl sites for hydroxylation is 1. The van der Waals surface area contributed by atoms with Gasteiger partial charge >= 0.3 is 5.97 Å². The van der Waals surface area contributed by atoms with E-state index in [0.717, 1.165) is 5.56 Å². The fraction of sp³-hybridized carbons (Fsp3) is 0.250. The highest BCUT2D eigenvalue weighted by molar-refractivity contribution is 6.31. The summed E-state index contributed by atoms with van der Waals surface area (Å²) in [6.07, 6.45) is 0. The van der Waals surface area contributed by atoms with Crippen LogP contribution in [0.25, 0.3) is 0 Å². The molecule has 0 aliphatic carbocycles. The summed E-state index contributed by atoms with van der Waals surface area (Å²) in [7, 11) is 0. The van der Waals surface area contributed by atoms with Crippen molar-refractivity contribution < 1.29 is 9.53 Å². The SMILES string of the molecule is Cc1cc(OC(=O)c2cccc(NC(C)C)n2)ccc1Cl. The van der Waals surface area contributed by atoms with Gasteiger partial charge in [-0.05, 0) is 56.7 Å². The van der Waals surface area contributed by atoms with Gasteiger partial charge in [0.25, 0.3) is 0 Å². The number of anilines is 1. The zero-order chi connectivity index (χ0) is 15.4. The van der Waals surface area contributed by atoms with E-state index >= 15 is 0 Å². The highest BCUT2D eigenvalue weighted by Gasteiger charge is 2.12. The molecular formula is C16H17ClN2O2. The predicted octanol–water partition coefficient (Wildman–Crippen LogP) is 4.08. The first-order chi connectivity index (χ1) is 9.95. The third-order valence-electron chi connectivity index (χ3n) is 2.73. The highest BCUT2D eigenvalue weighted by atomic mass is 35.5. The van der Waals surface area contributed by atoms with Gasteiger partial charge in [0.1, 0.15) is 11.6 Å². The van der Waals surface area contributed by atoms with Crippen LogP contribution in [-0.2, 0) is 0 Å². The molecule has 1 aromatic carbocycles. The molecule has 1 aromatic heterocycles. The maximum absolute atomic E-state index is 12.1. The van der Waals surface area contributed by atoms with Gasteiger partial charge in [0, 0.05) is 11.1 Å². The second-order valence-corrected chi connectivity index (χ2v) is 5.41. The fourth-order valence-electron chi connectivity index (χ4n) is 1.76. The molecule has 21 heavy (non-hydrogen) atoms. The Morgan fingerprint density at radius 2 is 2.05 bits per heavy atom. The van der Waals surface area contributed by atoms with E-state index in [-0.39, 0.29) is 11.7 Å². The second kappa shape index (κ2) is 6.59. The van der Waals surface area contributed by atoms with Crippen molar-refractivity contribution in [2.45, 2.75) is 26.8 Å². The number of carbonyl (C=O) groups excluding carboxylic acids is 1. The van der Waals surface area contributed by atoms with Crippen molar-refractivity contribution in [3.63, 3.8) is 0 Å². The zero-order valence-corrected chi connectivity index (χ0v) is 12.9. The van der Waals surface area contributed by atoms with Crippen molar-refractivity contribution in [2.24, 2.45) is 0 Å². The van der Waals surface area contributed by atoms with E-state index < -0.39 is 5.97 Å². The van der Waals surface area contributed by atoms with Gasteiger partial charge in [0.05, 0.1) is 0 Å². The number of carbonyl (C=O) groups is 1. The molecule has 0 unspecified atom stereocenters. The zero-order valence-electron chi connectivity index (χ0n) is 12.2. The average molecular weight is 305 g/mol. The van der Waals surface area contributed by atoms with Crippen LogP contribution < -0.4 is 10.1 Å². The maximum atomic E-state index is 12.1. The lowest BCUT2D eigenvalue weighted by atomic mass is 10.2. The number of esters is 1. The number of aromatic nitrogens is 1. The van der Waals surface area contributed by atoms with Crippen molar-refractivity contribution >= 4 is 23.4 Å². The number of halogens is 1. The number of benzene rings is 1. The highest BCUT2D eigenvalue weighted by Crippen LogP contribution is 2.21. The molecule has 0 bridgehead atoms. The average Bonchev–Trinajstić information content (AvgIpc) is 2.42. The normalized spacial score (nSPS) is 10.5. The van der Waals surface area contributed by atoms with Crippen molar-refractivity contribution in [2.75, 3.05) is 5.32 Å². The van der Waals surface area contributed by atoms with Crippen molar-refractivity contribution in [1.29, 1.82) is 0 Å². The summed E-state index contributed by atoms with van der Waals surface area (Å²) in [6, 6.07) is 10.5. The summed E-state index contributed by atoms with van der Waals surface area (Å²) < 4.78 is 5.31. The summed E-state index contributed by atoms with van der Waals surface area (Å²) in [4.78, 5) is 16.3.